The number of nitriles is 1. The first kappa shape index (κ1) is 24.8. The van der Waals surface area contributed by atoms with Crippen LogP contribution in [0.25, 0.3) is 17.2 Å². The summed E-state index contributed by atoms with van der Waals surface area (Å²) in [6, 6.07) is 6.84. The molecule has 0 saturated heterocycles. The third-order valence-corrected chi connectivity index (χ3v) is 6.85. The molecule has 1 atom stereocenters. The number of phenolic OH excluding ortho intramolecular Hbond substituents is 1. The number of halogens is 3. The monoisotopic (exact) mass is 542 g/mol. The number of fused-ring (bicyclic) bond motifs is 2. The summed E-state index contributed by atoms with van der Waals surface area (Å²) in [4.78, 5) is 30.9. The van der Waals surface area contributed by atoms with Crippen LogP contribution in [0.2, 0.25) is 0 Å². The summed E-state index contributed by atoms with van der Waals surface area (Å²) in [5, 5.41) is 21.9. The van der Waals surface area contributed by atoms with Crippen LogP contribution in [0.4, 0.5) is 24.8 Å². The second-order valence-electron chi connectivity index (χ2n) is 9.38. The summed E-state index contributed by atoms with van der Waals surface area (Å²) in [5.41, 5.74) is 5.79. The van der Waals surface area contributed by atoms with Crippen LogP contribution >= 0.6 is 0 Å². The van der Waals surface area contributed by atoms with Crippen LogP contribution in [0.15, 0.2) is 48.9 Å². The summed E-state index contributed by atoms with van der Waals surface area (Å²) >= 11 is 0. The minimum absolute atomic E-state index is 0.0388. The normalized spacial score (nSPS) is 16.1. The Morgan fingerprint density at radius 1 is 1.12 bits per heavy atom. The van der Waals surface area contributed by atoms with Gasteiger partial charge in [-0.1, -0.05) is 0 Å². The van der Waals surface area contributed by atoms with Gasteiger partial charge < -0.3 is 20.6 Å². The Morgan fingerprint density at radius 3 is 2.58 bits per heavy atom. The maximum atomic E-state index is 14.5. The average molecular weight is 542 g/mol. The van der Waals surface area contributed by atoms with Gasteiger partial charge in [0.1, 0.15) is 57.6 Å². The van der Waals surface area contributed by atoms with E-state index in [1.165, 1.54) is 25.3 Å². The van der Waals surface area contributed by atoms with Crippen molar-refractivity contribution in [2.45, 2.75) is 18.8 Å². The van der Waals surface area contributed by atoms with Crippen LogP contribution in [0.5, 0.6) is 5.75 Å². The van der Waals surface area contributed by atoms with Gasteiger partial charge in [0.15, 0.2) is 11.5 Å². The number of aromatic hydroxyl groups is 1. The maximum Gasteiger partial charge on any atom is 0.240 e. The minimum atomic E-state index is -1.58. The molecule has 3 aromatic heterocycles. The molecule has 1 aliphatic rings. The second-order valence-corrected chi connectivity index (χ2v) is 9.38. The molecule has 4 N–H and O–H groups in total. The Labute approximate surface area is 223 Å². The number of nitrogen functional groups attached to an aromatic ring is 1. The van der Waals surface area contributed by atoms with Gasteiger partial charge in [0.05, 0.1) is 11.3 Å². The predicted molar refractivity (Wildman–Crippen MR) is 135 cm³/mol. The Kier molecular flexibility index (Phi) is 5.44. The number of anilines is 2. The molecule has 13 heteroatoms. The highest BCUT2D eigenvalue weighted by molar-refractivity contribution is 6.09. The molecule has 40 heavy (non-hydrogen) atoms. The van der Waals surface area contributed by atoms with Gasteiger partial charge in [-0.3, -0.25) is 4.79 Å². The van der Waals surface area contributed by atoms with E-state index in [-0.39, 0.29) is 40.7 Å². The van der Waals surface area contributed by atoms with Crippen LogP contribution in [-0.2, 0) is 16.6 Å². The fourth-order valence-electron chi connectivity index (χ4n) is 4.92. The molecule has 6 rings (SSSR count). The van der Waals surface area contributed by atoms with Gasteiger partial charge in [0.25, 0.3) is 0 Å². The number of hydrogen-bond donors (Lipinski definition) is 3. The summed E-state index contributed by atoms with van der Waals surface area (Å²) in [5.74, 6) is -3.69. The number of carbonyl (C=O) groups is 1. The standard InChI is InChI=1S/C27H17F3N8O2/c1-27(13-7-17(30)16(10-31)20(39)8-13)21-22(32)35-23(36-24(21)37-26(27)40)19-11-38-3-2-33-25(38)18(34-19)6-12-4-14(28)9-15(29)5-12/h2-5,7-9,11,39H,6H2,1H3,(H3,32,35,36,37,40). The van der Waals surface area contributed by atoms with Gasteiger partial charge in [-0.15, -0.1) is 0 Å². The van der Waals surface area contributed by atoms with Crippen molar-refractivity contribution in [3.63, 3.8) is 0 Å². The molecule has 0 aliphatic carbocycles. The molecule has 0 fully saturated rings. The summed E-state index contributed by atoms with van der Waals surface area (Å²) in [7, 11) is 0. The zero-order valence-electron chi connectivity index (χ0n) is 20.6. The highest BCUT2D eigenvalue weighted by Gasteiger charge is 2.48. The van der Waals surface area contributed by atoms with Gasteiger partial charge in [-0.25, -0.2) is 33.1 Å². The Balaban J connectivity index is 1.46. The molecule has 0 spiro atoms. The number of carbonyl (C=O) groups excluding carboxylic acids is 1. The van der Waals surface area contributed by atoms with E-state index < -0.39 is 40.1 Å². The van der Waals surface area contributed by atoms with Crippen molar-refractivity contribution in [1.29, 1.82) is 5.26 Å². The van der Waals surface area contributed by atoms with E-state index in [0.29, 0.717) is 16.9 Å². The summed E-state index contributed by atoms with van der Waals surface area (Å²) in [6.07, 6.45) is 4.82. The molecule has 1 amide bonds. The second kappa shape index (κ2) is 8.77. The van der Waals surface area contributed by atoms with Crippen molar-refractivity contribution < 1.29 is 23.1 Å². The van der Waals surface area contributed by atoms with Crippen molar-refractivity contribution >= 4 is 23.2 Å². The van der Waals surface area contributed by atoms with E-state index in [2.05, 4.69) is 25.3 Å². The molecule has 5 aromatic rings. The summed E-state index contributed by atoms with van der Waals surface area (Å²) in [6.45, 7) is 1.47. The highest BCUT2D eigenvalue weighted by atomic mass is 19.1. The number of aromatic nitrogens is 5. The largest absolute Gasteiger partial charge is 0.506 e. The number of nitrogens with two attached hydrogens (primary N) is 1. The van der Waals surface area contributed by atoms with Crippen molar-refractivity contribution in [3.05, 3.63) is 94.3 Å². The zero-order chi connectivity index (χ0) is 28.3. The number of benzene rings is 2. The molecular weight excluding hydrogens is 525 g/mol. The van der Waals surface area contributed by atoms with E-state index >= 15 is 0 Å². The number of nitrogens with zero attached hydrogens (tertiary/aromatic N) is 6. The molecule has 0 radical (unpaired) electrons. The molecule has 10 nitrogen and oxygen atoms in total. The molecule has 0 saturated carbocycles. The lowest BCUT2D eigenvalue weighted by molar-refractivity contribution is -0.119. The Hall–Kier alpha value is -5.51. The van der Waals surface area contributed by atoms with E-state index in [1.807, 2.05) is 0 Å². The summed E-state index contributed by atoms with van der Waals surface area (Å²) < 4.78 is 43.8. The van der Waals surface area contributed by atoms with Crippen LogP contribution < -0.4 is 11.1 Å². The third-order valence-electron chi connectivity index (χ3n) is 6.85. The lowest BCUT2D eigenvalue weighted by Crippen LogP contribution is -2.33. The number of amides is 1. The van der Waals surface area contributed by atoms with Gasteiger partial charge in [-0.2, -0.15) is 5.26 Å². The van der Waals surface area contributed by atoms with Gasteiger partial charge in [0.2, 0.25) is 5.91 Å². The molecule has 198 valence electrons. The van der Waals surface area contributed by atoms with Crippen molar-refractivity contribution in [3.8, 4) is 23.3 Å². The zero-order valence-corrected chi connectivity index (χ0v) is 20.6. The van der Waals surface area contributed by atoms with E-state index in [1.54, 1.807) is 22.9 Å². The minimum Gasteiger partial charge on any atom is -0.506 e. The topological polar surface area (TPSA) is 155 Å². The van der Waals surface area contributed by atoms with Crippen molar-refractivity contribution in [2.24, 2.45) is 0 Å². The molecule has 1 aliphatic heterocycles. The van der Waals surface area contributed by atoms with Crippen molar-refractivity contribution in [2.75, 3.05) is 11.1 Å². The molecule has 2 aromatic carbocycles. The number of hydrogen-bond acceptors (Lipinski definition) is 8. The fraction of sp³-hybridized carbons (Fsp3) is 0.111. The first-order valence-electron chi connectivity index (χ1n) is 11.8. The van der Waals surface area contributed by atoms with Gasteiger partial charge >= 0.3 is 0 Å². The molecule has 4 heterocycles. The van der Waals surface area contributed by atoms with E-state index in [9.17, 15) is 23.1 Å². The average Bonchev–Trinajstić information content (AvgIpc) is 3.46. The Bertz CT molecular complexity index is 1890. The van der Waals surface area contributed by atoms with Crippen molar-refractivity contribution in [1.82, 2.24) is 24.3 Å². The number of nitrogens with one attached hydrogen (secondary N) is 1. The van der Waals surface area contributed by atoms with Crippen LogP contribution in [-0.4, -0.2) is 35.4 Å². The molecule has 0 bridgehead atoms. The molecular formula is C27H17F3N8O2. The van der Waals surface area contributed by atoms with Crippen LogP contribution in [0, 0.1) is 28.8 Å². The fourth-order valence-corrected chi connectivity index (χ4v) is 4.92. The number of imidazole rings is 1. The maximum absolute atomic E-state index is 14.5. The first-order chi connectivity index (χ1) is 19.1. The first-order valence-corrected chi connectivity index (χ1v) is 11.8. The third kappa shape index (κ3) is 3.77. The lowest BCUT2D eigenvalue weighted by Gasteiger charge is -2.24. The Morgan fingerprint density at radius 2 is 1.88 bits per heavy atom. The number of rotatable bonds is 4. The van der Waals surface area contributed by atoms with Crippen LogP contribution in [0.1, 0.15) is 34.9 Å². The smallest absolute Gasteiger partial charge is 0.240 e. The van der Waals surface area contributed by atoms with Gasteiger partial charge in [-0.05, 0) is 42.3 Å². The number of phenols is 1. The lowest BCUT2D eigenvalue weighted by atomic mass is 9.77. The van der Waals surface area contributed by atoms with E-state index in [0.717, 1.165) is 18.2 Å². The van der Waals surface area contributed by atoms with Gasteiger partial charge in [0, 0.05) is 31.1 Å². The SMILES string of the molecule is CC1(c2cc(O)c(C#N)c(F)c2)C(=O)Nc2nc(-c3cn4ccnc4c(Cc4cc(F)cc(F)c4)n3)nc(N)c21. The quantitative estimate of drug-likeness (QED) is 0.311. The highest BCUT2D eigenvalue weighted by Crippen LogP contribution is 2.46. The predicted octanol–water partition coefficient (Wildman–Crippen LogP) is 3.61. The van der Waals surface area contributed by atoms with Crippen LogP contribution in [0.3, 0.4) is 0 Å². The van der Waals surface area contributed by atoms with E-state index in [4.69, 9.17) is 11.0 Å². The molecule has 1 unspecified atom stereocenters.